The van der Waals surface area contributed by atoms with Gasteiger partial charge in [0.15, 0.2) is 11.5 Å². The Morgan fingerprint density at radius 1 is 1.28 bits per heavy atom. The lowest BCUT2D eigenvalue weighted by atomic mass is 9.87. The van der Waals surface area contributed by atoms with Crippen LogP contribution < -0.4 is 19.5 Å². The van der Waals surface area contributed by atoms with Gasteiger partial charge in [0.1, 0.15) is 0 Å². The van der Waals surface area contributed by atoms with E-state index in [0.717, 1.165) is 36.6 Å². The second-order valence-corrected chi connectivity index (χ2v) is 8.01. The highest BCUT2D eigenvalue weighted by atomic mass is 16.7. The van der Waals surface area contributed by atoms with Crippen LogP contribution in [0.5, 0.6) is 17.2 Å². The van der Waals surface area contributed by atoms with Gasteiger partial charge in [-0.3, -0.25) is 9.69 Å². The van der Waals surface area contributed by atoms with Crippen LogP contribution in [-0.4, -0.2) is 38.3 Å². The molecule has 154 valence electrons. The molecule has 1 N–H and O–H groups in total. The summed E-state index contributed by atoms with van der Waals surface area (Å²) >= 11 is 0. The summed E-state index contributed by atoms with van der Waals surface area (Å²) in [7, 11) is 3.84. The summed E-state index contributed by atoms with van der Waals surface area (Å²) in [6.45, 7) is 4.99. The number of nitrogens with one attached hydrogen (secondary N) is 1. The normalized spacial score (nSPS) is 17.9. The Kier molecular flexibility index (Phi) is 5.37. The van der Waals surface area contributed by atoms with Crippen molar-refractivity contribution in [2.75, 3.05) is 32.8 Å². The maximum atomic E-state index is 11.9. The van der Waals surface area contributed by atoms with E-state index >= 15 is 0 Å². The zero-order chi connectivity index (χ0) is 20.5. The number of benzene rings is 2. The number of rotatable bonds is 5. The molecule has 0 aliphatic carbocycles. The van der Waals surface area contributed by atoms with Crippen molar-refractivity contribution in [3.63, 3.8) is 0 Å². The summed E-state index contributed by atoms with van der Waals surface area (Å²) in [6.07, 6.45) is 1.80. The zero-order valence-electron chi connectivity index (χ0n) is 17.5. The van der Waals surface area contributed by atoms with Crippen LogP contribution >= 0.6 is 0 Å². The van der Waals surface area contributed by atoms with Gasteiger partial charge in [-0.15, -0.1) is 0 Å². The van der Waals surface area contributed by atoms with Crippen LogP contribution in [0.2, 0.25) is 0 Å². The molecule has 0 unspecified atom stereocenters. The fourth-order valence-corrected chi connectivity index (χ4v) is 4.02. The lowest BCUT2D eigenvalue weighted by molar-refractivity contribution is -0.118. The number of carbonyl (C=O) groups is 1. The summed E-state index contributed by atoms with van der Waals surface area (Å²) in [4.78, 5) is 14.3. The molecule has 6 heteroatoms. The number of nitrogens with zero attached hydrogens (tertiary/aromatic N) is 1. The van der Waals surface area contributed by atoms with E-state index in [1.54, 1.807) is 7.11 Å². The van der Waals surface area contributed by atoms with Gasteiger partial charge in [-0.2, -0.15) is 0 Å². The average Bonchev–Trinajstić information content (AvgIpc) is 3.18. The standard InChI is InChI=1S/C23H28N2O4/c1-14(2)23(26)24-17-7-5-15(6-8-17)11-18-20-16(9-10-25(18)3)12-19-21(22(20)27-4)29-13-28-19/h5-8,12,14,18H,9-11,13H2,1-4H3,(H,24,26)/t18-/m1/s1. The third kappa shape index (κ3) is 3.77. The summed E-state index contributed by atoms with van der Waals surface area (Å²) < 4.78 is 17.1. The topological polar surface area (TPSA) is 60.0 Å². The molecule has 0 saturated carbocycles. The summed E-state index contributed by atoms with van der Waals surface area (Å²) in [5, 5.41) is 2.94. The first-order valence-electron chi connectivity index (χ1n) is 10.1. The molecule has 0 saturated heterocycles. The number of ether oxygens (including phenoxy) is 3. The molecule has 6 nitrogen and oxygen atoms in total. The monoisotopic (exact) mass is 396 g/mol. The molecule has 2 aliphatic heterocycles. The first-order valence-corrected chi connectivity index (χ1v) is 10.1. The molecule has 2 heterocycles. The van der Waals surface area contributed by atoms with Gasteiger partial charge < -0.3 is 19.5 Å². The number of methoxy groups -OCH3 is 1. The molecule has 2 aromatic carbocycles. The highest BCUT2D eigenvalue weighted by molar-refractivity contribution is 5.92. The molecule has 0 spiro atoms. The van der Waals surface area contributed by atoms with E-state index in [4.69, 9.17) is 14.2 Å². The van der Waals surface area contributed by atoms with E-state index in [1.807, 2.05) is 26.0 Å². The minimum absolute atomic E-state index is 0.0273. The Morgan fingerprint density at radius 2 is 2.03 bits per heavy atom. The molecule has 4 rings (SSSR count). The van der Waals surface area contributed by atoms with Gasteiger partial charge in [0.05, 0.1) is 7.11 Å². The predicted octanol–water partition coefficient (Wildman–Crippen LogP) is 3.79. The number of amides is 1. The smallest absolute Gasteiger partial charge is 0.231 e. The van der Waals surface area contributed by atoms with Crippen molar-refractivity contribution >= 4 is 11.6 Å². The molecule has 0 radical (unpaired) electrons. The van der Waals surface area contributed by atoms with Gasteiger partial charge in [0.2, 0.25) is 18.4 Å². The molecule has 1 amide bonds. The molecule has 2 aromatic rings. The van der Waals surface area contributed by atoms with Crippen LogP contribution in [0.3, 0.4) is 0 Å². The quantitative estimate of drug-likeness (QED) is 0.833. The van der Waals surface area contributed by atoms with Crippen molar-refractivity contribution in [2.24, 2.45) is 5.92 Å². The maximum absolute atomic E-state index is 11.9. The Hall–Kier alpha value is -2.73. The van der Waals surface area contributed by atoms with E-state index in [-0.39, 0.29) is 24.7 Å². The van der Waals surface area contributed by atoms with Crippen molar-refractivity contribution < 1.29 is 19.0 Å². The van der Waals surface area contributed by atoms with Crippen molar-refractivity contribution in [3.8, 4) is 17.2 Å². The van der Waals surface area contributed by atoms with Crippen molar-refractivity contribution in [1.29, 1.82) is 0 Å². The lowest BCUT2D eigenvalue weighted by Crippen LogP contribution is -2.33. The lowest BCUT2D eigenvalue weighted by Gasteiger charge is -2.36. The van der Waals surface area contributed by atoms with E-state index in [9.17, 15) is 4.79 Å². The van der Waals surface area contributed by atoms with Crippen LogP contribution in [0.15, 0.2) is 30.3 Å². The Labute approximate surface area is 171 Å². The number of hydrogen-bond donors (Lipinski definition) is 1. The van der Waals surface area contributed by atoms with Crippen LogP contribution in [0.25, 0.3) is 0 Å². The third-order valence-electron chi connectivity index (χ3n) is 5.72. The number of hydrogen-bond acceptors (Lipinski definition) is 5. The third-order valence-corrected chi connectivity index (χ3v) is 5.72. The maximum Gasteiger partial charge on any atom is 0.231 e. The fraction of sp³-hybridized carbons (Fsp3) is 0.435. The van der Waals surface area contributed by atoms with E-state index in [2.05, 4.69) is 35.5 Å². The van der Waals surface area contributed by atoms with Crippen molar-refractivity contribution in [3.05, 3.63) is 47.0 Å². The fourth-order valence-electron chi connectivity index (χ4n) is 4.02. The van der Waals surface area contributed by atoms with Gasteiger partial charge in [-0.25, -0.2) is 0 Å². The van der Waals surface area contributed by atoms with Gasteiger partial charge in [0, 0.05) is 29.8 Å². The first-order chi connectivity index (χ1) is 14.0. The van der Waals surface area contributed by atoms with Gasteiger partial charge >= 0.3 is 0 Å². The predicted molar refractivity (Wildman–Crippen MR) is 112 cm³/mol. The SMILES string of the molecule is COc1c2c(cc3c1[C@@H](Cc1ccc(NC(=O)C(C)C)cc1)N(C)CC3)OCO2. The van der Waals surface area contributed by atoms with Gasteiger partial charge in [-0.05, 0) is 49.2 Å². The second-order valence-electron chi connectivity index (χ2n) is 8.01. The highest BCUT2D eigenvalue weighted by Gasteiger charge is 2.33. The second kappa shape index (κ2) is 7.95. The van der Waals surface area contributed by atoms with E-state index < -0.39 is 0 Å². The molecule has 0 fully saturated rings. The Balaban J connectivity index is 1.61. The number of likely N-dealkylation sites (N-methyl/N-ethyl adjacent to an activating group) is 1. The summed E-state index contributed by atoms with van der Waals surface area (Å²) in [5.74, 6) is 2.25. The first kappa shape index (κ1) is 19.6. The van der Waals surface area contributed by atoms with Crippen LogP contribution in [0.1, 0.15) is 36.6 Å². The summed E-state index contributed by atoms with van der Waals surface area (Å²) in [6, 6.07) is 10.4. The zero-order valence-corrected chi connectivity index (χ0v) is 17.5. The van der Waals surface area contributed by atoms with E-state index in [1.165, 1.54) is 16.7 Å². The number of carbonyl (C=O) groups excluding carboxylic acids is 1. The van der Waals surface area contributed by atoms with Crippen LogP contribution in [0.4, 0.5) is 5.69 Å². The molecule has 2 aliphatic rings. The minimum Gasteiger partial charge on any atom is -0.492 e. The molecule has 0 aromatic heterocycles. The number of fused-ring (bicyclic) bond motifs is 2. The highest BCUT2D eigenvalue weighted by Crippen LogP contribution is 2.49. The van der Waals surface area contributed by atoms with Crippen LogP contribution in [-0.2, 0) is 17.6 Å². The van der Waals surface area contributed by atoms with E-state index in [0.29, 0.717) is 5.75 Å². The molecular formula is C23H28N2O4. The van der Waals surface area contributed by atoms with Crippen LogP contribution in [0, 0.1) is 5.92 Å². The van der Waals surface area contributed by atoms with Gasteiger partial charge in [-0.1, -0.05) is 26.0 Å². The number of anilines is 1. The summed E-state index contributed by atoms with van der Waals surface area (Å²) in [5.41, 5.74) is 4.47. The van der Waals surface area contributed by atoms with Crippen molar-refractivity contribution in [2.45, 2.75) is 32.7 Å². The van der Waals surface area contributed by atoms with Gasteiger partial charge in [0.25, 0.3) is 0 Å². The molecule has 29 heavy (non-hydrogen) atoms. The molecule has 0 bridgehead atoms. The minimum atomic E-state index is -0.0394. The molecular weight excluding hydrogens is 368 g/mol. The Morgan fingerprint density at radius 3 is 2.72 bits per heavy atom. The van der Waals surface area contributed by atoms with Crippen molar-refractivity contribution in [1.82, 2.24) is 4.90 Å². The Bertz CT molecular complexity index is 908. The molecule has 1 atom stereocenters. The average molecular weight is 396 g/mol. The largest absolute Gasteiger partial charge is 0.492 e.